The van der Waals surface area contributed by atoms with Crippen LogP contribution in [-0.4, -0.2) is 43.4 Å². The number of imidazole rings is 1. The average molecular weight is 241 g/mol. The van der Waals surface area contributed by atoms with Crippen molar-refractivity contribution in [3.63, 3.8) is 0 Å². The molecule has 0 atom stereocenters. The SMILES string of the molecule is COCCOCCCCNCc1cnc(C)[nH]1. The zero-order valence-corrected chi connectivity index (χ0v) is 10.8. The lowest BCUT2D eigenvalue weighted by Gasteiger charge is -2.04. The molecule has 5 nitrogen and oxygen atoms in total. The van der Waals surface area contributed by atoms with Crippen LogP contribution in [0.15, 0.2) is 6.20 Å². The molecule has 0 saturated carbocycles. The summed E-state index contributed by atoms with van der Waals surface area (Å²) >= 11 is 0. The van der Waals surface area contributed by atoms with Gasteiger partial charge in [-0.2, -0.15) is 0 Å². The number of unbranched alkanes of at least 4 members (excludes halogenated alkanes) is 1. The van der Waals surface area contributed by atoms with E-state index in [2.05, 4.69) is 15.3 Å². The minimum Gasteiger partial charge on any atom is -0.382 e. The highest BCUT2D eigenvalue weighted by atomic mass is 16.5. The molecule has 5 heteroatoms. The van der Waals surface area contributed by atoms with E-state index in [0.717, 1.165) is 44.1 Å². The summed E-state index contributed by atoms with van der Waals surface area (Å²) in [5.41, 5.74) is 1.14. The van der Waals surface area contributed by atoms with E-state index in [0.29, 0.717) is 13.2 Å². The van der Waals surface area contributed by atoms with Crippen molar-refractivity contribution < 1.29 is 9.47 Å². The summed E-state index contributed by atoms with van der Waals surface area (Å²) in [4.78, 5) is 7.34. The summed E-state index contributed by atoms with van der Waals surface area (Å²) in [5, 5.41) is 3.37. The number of nitrogens with one attached hydrogen (secondary N) is 2. The number of nitrogens with zero attached hydrogens (tertiary/aromatic N) is 1. The van der Waals surface area contributed by atoms with Gasteiger partial charge in [-0.3, -0.25) is 0 Å². The topological polar surface area (TPSA) is 59.2 Å². The van der Waals surface area contributed by atoms with E-state index >= 15 is 0 Å². The Morgan fingerprint density at radius 3 is 2.88 bits per heavy atom. The molecule has 0 amide bonds. The molecular formula is C12H23N3O2. The first-order valence-corrected chi connectivity index (χ1v) is 6.11. The highest BCUT2D eigenvalue weighted by Gasteiger charge is 1.95. The minimum atomic E-state index is 0.678. The van der Waals surface area contributed by atoms with Crippen molar-refractivity contribution in [2.75, 3.05) is 33.5 Å². The maximum Gasteiger partial charge on any atom is 0.103 e. The molecule has 1 aromatic heterocycles. The minimum absolute atomic E-state index is 0.678. The van der Waals surface area contributed by atoms with Crippen LogP contribution in [-0.2, 0) is 16.0 Å². The summed E-state index contributed by atoms with van der Waals surface area (Å²) in [6, 6.07) is 0. The number of aromatic nitrogens is 2. The zero-order chi connectivity index (χ0) is 12.3. The number of methoxy groups -OCH3 is 1. The Kier molecular flexibility index (Phi) is 7.62. The second-order valence-electron chi connectivity index (χ2n) is 3.98. The van der Waals surface area contributed by atoms with Gasteiger partial charge in [0.2, 0.25) is 0 Å². The van der Waals surface area contributed by atoms with Crippen LogP contribution in [0.5, 0.6) is 0 Å². The number of hydrogen-bond donors (Lipinski definition) is 2. The molecule has 0 aliphatic heterocycles. The van der Waals surface area contributed by atoms with Crippen LogP contribution in [0.1, 0.15) is 24.4 Å². The van der Waals surface area contributed by atoms with E-state index in [9.17, 15) is 0 Å². The van der Waals surface area contributed by atoms with Gasteiger partial charge in [0.15, 0.2) is 0 Å². The lowest BCUT2D eigenvalue weighted by Crippen LogP contribution is -2.15. The van der Waals surface area contributed by atoms with Crippen molar-refractivity contribution in [1.29, 1.82) is 0 Å². The van der Waals surface area contributed by atoms with E-state index in [1.165, 1.54) is 0 Å². The summed E-state index contributed by atoms with van der Waals surface area (Å²) in [7, 11) is 1.68. The van der Waals surface area contributed by atoms with Gasteiger partial charge in [-0.1, -0.05) is 0 Å². The lowest BCUT2D eigenvalue weighted by atomic mass is 10.3. The largest absolute Gasteiger partial charge is 0.382 e. The highest BCUT2D eigenvalue weighted by molar-refractivity contribution is 4.98. The molecule has 0 unspecified atom stereocenters. The molecule has 0 fully saturated rings. The van der Waals surface area contributed by atoms with Crippen molar-refractivity contribution in [2.45, 2.75) is 26.3 Å². The van der Waals surface area contributed by atoms with Crippen molar-refractivity contribution in [2.24, 2.45) is 0 Å². The first kappa shape index (κ1) is 14.2. The van der Waals surface area contributed by atoms with Crippen LogP contribution in [0.3, 0.4) is 0 Å². The molecule has 98 valence electrons. The van der Waals surface area contributed by atoms with Gasteiger partial charge in [0.25, 0.3) is 0 Å². The average Bonchev–Trinajstić information content (AvgIpc) is 2.73. The van der Waals surface area contributed by atoms with Gasteiger partial charge >= 0.3 is 0 Å². The molecule has 1 heterocycles. The Bertz CT molecular complexity index is 289. The normalized spacial score (nSPS) is 10.9. The number of aromatic amines is 1. The van der Waals surface area contributed by atoms with Crippen LogP contribution in [0.25, 0.3) is 0 Å². The first-order valence-electron chi connectivity index (χ1n) is 6.11. The quantitative estimate of drug-likeness (QED) is 0.605. The molecule has 17 heavy (non-hydrogen) atoms. The molecule has 0 aromatic carbocycles. The fourth-order valence-corrected chi connectivity index (χ4v) is 1.48. The van der Waals surface area contributed by atoms with Crippen molar-refractivity contribution >= 4 is 0 Å². The maximum absolute atomic E-state index is 5.37. The van der Waals surface area contributed by atoms with Gasteiger partial charge in [0.05, 0.1) is 13.2 Å². The van der Waals surface area contributed by atoms with E-state index in [1.807, 2.05) is 13.1 Å². The van der Waals surface area contributed by atoms with E-state index in [-0.39, 0.29) is 0 Å². The van der Waals surface area contributed by atoms with Gasteiger partial charge in [-0.15, -0.1) is 0 Å². The Balaban J connectivity index is 1.84. The van der Waals surface area contributed by atoms with Crippen LogP contribution >= 0.6 is 0 Å². The van der Waals surface area contributed by atoms with E-state index in [1.54, 1.807) is 7.11 Å². The second kappa shape index (κ2) is 9.15. The van der Waals surface area contributed by atoms with Gasteiger partial charge in [0, 0.05) is 32.2 Å². The Hall–Kier alpha value is -0.910. The third-order valence-corrected chi connectivity index (χ3v) is 2.39. The monoisotopic (exact) mass is 241 g/mol. The van der Waals surface area contributed by atoms with Crippen LogP contribution in [0.2, 0.25) is 0 Å². The standard InChI is InChI=1S/C12H23N3O2/c1-11-14-10-12(15-11)9-13-5-3-4-6-17-8-7-16-2/h10,13H,3-9H2,1-2H3,(H,14,15). The van der Waals surface area contributed by atoms with Crippen LogP contribution in [0, 0.1) is 6.92 Å². The molecular weight excluding hydrogens is 218 g/mol. The Morgan fingerprint density at radius 2 is 2.18 bits per heavy atom. The van der Waals surface area contributed by atoms with Crippen molar-refractivity contribution in [1.82, 2.24) is 15.3 Å². The van der Waals surface area contributed by atoms with Gasteiger partial charge in [-0.05, 0) is 26.3 Å². The Labute approximate surface area is 103 Å². The second-order valence-corrected chi connectivity index (χ2v) is 3.98. The molecule has 0 aliphatic carbocycles. The predicted molar refractivity (Wildman–Crippen MR) is 67.0 cm³/mol. The molecule has 0 saturated heterocycles. The van der Waals surface area contributed by atoms with Gasteiger partial charge in [-0.25, -0.2) is 4.98 Å². The summed E-state index contributed by atoms with van der Waals surface area (Å²) in [6.45, 7) is 6.00. The van der Waals surface area contributed by atoms with Crippen molar-refractivity contribution in [3.8, 4) is 0 Å². The number of aryl methyl sites for hydroxylation is 1. The lowest BCUT2D eigenvalue weighted by molar-refractivity contribution is 0.0688. The van der Waals surface area contributed by atoms with Gasteiger partial charge < -0.3 is 19.8 Å². The predicted octanol–water partition coefficient (Wildman–Crippen LogP) is 1.25. The number of hydrogen-bond acceptors (Lipinski definition) is 4. The number of H-pyrrole nitrogens is 1. The smallest absolute Gasteiger partial charge is 0.103 e. The Morgan fingerprint density at radius 1 is 1.29 bits per heavy atom. The van der Waals surface area contributed by atoms with Gasteiger partial charge in [0.1, 0.15) is 5.82 Å². The zero-order valence-electron chi connectivity index (χ0n) is 10.8. The fraction of sp³-hybridized carbons (Fsp3) is 0.750. The molecule has 2 N–H and O–H groups in total. The summed E-state index contributed by atoms with van der Waals surface area (Å²) in [5.74, 6) is 0.966. The summed E-state index contributed by atoms with van der Waals surface area (Å²) < 4.78 is 10.3. The van der Waals surface area contributed by atoms with Crippen LogP contribution < -0.4 is 5.32 Å². The molecule has 0 radical (unpaired) electrons. The molecule has 1 rings (SSSR count). The molecule has 0 bridgehead atoms. The molecule has 1 aromatic rings. The van der Waals surface area contributed by atoms with E-state index < -0.39 is 0 Å². The van der Waals surface area contributed by atoms with Crippen LogP contribution in [0.4, 0.5) is 0 Å². The third kappa shape index (κ3) is 7.10. The van der Waals surface area contributed by atoms with Crippen molar-refractivity contribution in [3.05, 3.63) is 17.7 Å². The number of ether oxygens (including phenoxy) is 2. The maximum atomic E-state index is 5.37. The fourth-order valence-electron chi connectivity index (χ4n) is 1.48. The first-order chi connectivity index (χ1) is 8.33. The van der Waals surface area contributed by atoms with E-state index in [4.69, 9.17) is 9.47 Å². The molecule has 0 spiro atoms. The molecule has 0 aliphatic rings. The summed E-state index contributed by atoms with van der Waals surface area (Å²) in [6.07, 6.45) is 4.08. The highest BCUT2D eigenvalue weighted by Crippen LogP contribution is 1.95. The number of rotatable bonds is 10. The third-order valence-electron chi connectivity index (χ3n) is 2.39.